The fourth-order valence-electron chi connectivity index (χ4n) is 1.72. The molecule has 100 valence electrons. The molecule has 0 aliphatic rings. The number of alkyl halides is 1. The summed E-state index contributed by atoms with van der Waals surface area (Å²) in [4.78, 5) is 11.9. The van der Waals surface area contributed by atoms with E-state index in [-0.39, 0.29) is 12.5 Å². The van der Waals surface area contributed by atoms with Gasteiger partial charge in [-0.05, 0) is 30.0 Å². The van der Waals surface area contributed by atoms with Crippen LogP contribution in [-0.4, -0.2) is 24.2 Å². The fourth-order valence-corrected chi connectivity index (χ4v) is 1.90. The van der Waals surface area contributed by atoms with Crippen molar-refractivity contribution in [2.45, 2.75) is 25.6 Å². The minimum absolute atomic E-state index is 0.0764. The Morgan fingerprint density at radius 2 is 2.06 bits per heavy atom. The van der Waals surface area contributed by atoms with Crippen LogP contribution in [0.15, 0.2) is 24.3 Å². The van der Waals surface area contributed by atoms with Crippen LogP contribution >= 0.6 is 11.6 Å². The number of benzene rings is 1. The van der Waals surface area contributed by atoms with Crippen LogP contribution in [0.1, 0.15) is 35.7 Å². The maximum atomic E-state index is 11.9. The van der Waals surface area contributed by atoms with Crippen molar-refractivity contribution in [2.75, 3.05) is 13.2 Å². The minimum atomic E-state index is -0.0764. The smallest absolute Gasteiger partial charge is 0.251 e. The number of hydrogen-bond acceptors (Lipinski definition) is 2. The normalized spacial score (nSPS) is 12.2. The molecular weight excluding hydrogens is 250 g/mol. The molecule has 0 spiro atoms. The number of hydrogen-bond donors (Lipinski definition) is 2. The van der Waals surface area contributed by atoms with E-state index in [9.17, 15) is 4.79 Å². The average molecular weight is 270 g/mol. The molecule has 0 heterocycles. The first-order chi connectivity index (χ1) is 8.71. The van der Waals surface area contributed by atoms with Gasteiger partial charge in [0, 0.05) is 24.6 Å². The van der Waals surface area contributed by atoms with E-state index in [1.165, 1.54) is 0 Å². The second-order valence-electron chi connectivity index (χ2n) is 4.33. The number of amides is 1. The summed E-state index contributed by atoms with van der Waals surface area (Å²) in [6.07, 6.45) is 1.67. The van der Waals surface area contributed by atoms with Crippen molar-refractivity contribution in [3.05, 3.63) is 35.4 Å². The lowest BCUT2D eigenvalue weighted by atomic mass is 10.0. The molecule has 18 heavy (non-hydrogen) atoms. The number of aliphatic hydroxyl groups is 1. The number of nitrogens with one attached hydrogen (secondary N) is 1. The first-order valence-corrected chi connectivity index (χ1v) is 6.78. The van der Waals surface area contributed by atoms with Crippen LogP contribution in [0.25, 0.3) is 0 Å². The van der Waals surface area contributed by atoms with Gasteiger partial charge in [-0.25, -0.2) is 0 Å². The molecule has 4 heteroatoms. The number of carbonyl (C=O) groups is 1. The van der Waals surface area contributed by atoms with Crippen molar-refractivity contribution in [1.29, 1.82) is 0 Å². The average Bonchev–Trinajstić information content (AvgIpc) is 2.43. The van der Waals surface area contributed by atoms with Crippen molar-refractivity contribution in [3.63, 3.8) is 0 Å². The Labute approximate surface area is 113 Å². The Bertz CT molecular complexity index is 365. The van der Waals surface area contributed by atoms with E-state index in [1.54, 1.807) is 12.1 Å². The summed E-state index contributed by atoms with van der Waals surface area (Å²) < 4.78 is 0. The quantitative estimate of drug-likeness (QED) is 0.748. The highest BCUT2D eigenvalue weighted by Crippen LogP contribution is 2.08. The molecule has 1 amide bonds. The lowest BCUT2D eigenvalue weighted by molar-refractivity contribution is 0.0943. The molecule has 0 radical (unpaired) electrons. The van der Waals surface area contributed by atoms with Gasteiger partial charge >= 0.3 is 0 Å². The monoisotopic (exact) mass is 269 g/mol. The van der Waals surface area contributed by atoms with Crippen molar-refractivity contribution in [1.82, 2.24) is 5.32 Å². The summed E-state index contributed by atoms with van der Waals surface area (Å²) in [7, 11) is 0. The molecule has 1 aromatic rings. The molecule has 0 fully saturated rings. The first kappa shape index (κ1) is 15.0. The molecule has 0 aliphatic heterocycles. The molecule has 1 atom stereocenters. The summed E-state index contributed by atoms with van der Waals surface area (Å²) in [5.74, 6) is 0.713. The van der Waals surface area contributed by atoms with Crippen LogP contribution in [-0.2, 0) is 5.88 Å². The van der Waals surface area contributed by atoms with Crippen LogP contribution in [0.2, 0.25) is 0 Å². The minimum Gasteiger partial charge on any atom is -0.396 e. The van der Waals surface area contributed by atoms with Crippen LogP contribution in [0.5, 0.6) is 0 Å². The number of aliphatic hydroxyl groups excluding tert-OH is 1. The molecule has 3 nitrogen and oxygen atoms in total. The number of rotatable bonds is 7. The Morgan fingerprint density at radius 3 is 2.56 bits per heavy atom. The third-order valence-electron chi connectivity index (χ3n) is 3.04. The molecular formula is C14H20ClNO2. The van der Waals surface area contributed by atoms with E-state index in [4.69, 9.17) is 16.7 Å². The standard InChI is InChI=1S/C14H20ClNO2/c1-2-11(7-8-17)10-16-14(18)13-5-3-12(9-15)4-6-13/h3-6,11,17H,2,7-10H2,1H3,(H,16,18). The highest BCUT2D eigenvalue weighted by molar-refractivity contribution is 6.17. The lowest BCUT2D eigenvalue weighted by Crippen LogP contribution is -2.29. The summed E-state index contributed by atoms with van der Waals surface area (Å²) in [6, 6.07) is 7.26. The van der Waals surface area contributed by atoms with E-state index >= 15 is 0 Å². The second kappa shape index (κ2) is 8.11. The highest BCUT2D eigenvalue weighted by atomic mass is 35.5. The van der Waals surface area contributed by atoms with Gasteiger partial charge in [0.05, 0.1) is 0 Å². The maximum Gasteiger partial charge on any atom is 0.251 e. The van der Waals surface area contributed by atoms with Gasteiger partial charge in [0.15, 0.2) is 0 Å². The molecule has 0 saturated carbocycles. The van der Waals surface area contributed by atoms with Crippen LogP contribution < -0.4 is 5.32 Å². The van der Waals surface area contributed by atoms with Crippen molar-refractivity contribution >= 4 is 17.5 Å². The van der Waals surface area contributed by atoms with Gasteiger partial charge in [-0.3, -0.25) is 4.79 Å². The van der Waals surface area contributed by atoms with E-state index < -0.39 is 0 Å². The van der Waals surface area contributed by atoms with Gasteiger partial charge in [0.2, 0.25) is 0 Å². The van der Waals surface area contributed by atoms with Crippen molar-refractivity contribution in [2.24, 2.45) is 5.92 Å². The Balaban J connectivity index is 2.48. The van der Waals surface area contributed by atoms with E-state index in [2.05, 4.69) is 12.2 Å². The predicted octanol–water partition coefficient (Wildman–Crippen LogP) is 2.56. The molecule has 1 unspecified atom stereocenters. The lowest BCUT2D eigenvalue weighted by Gasteiger charge is -2.14. The van der Waals surface area contributed by atoms with Crippen molar-refractivity contribution < 1.29 is 9.90 Å². The molecule has 0 aromatic heterocycles. The van der Waals surface area contributed by atoms with Crippen LogP contribution in [0.4, 0.5) is 0 Å². The van der Waals surface area contributed by atoms with Gasteiger partial charge < -0.3 is 10.4 Å². The van der Waals surface area contributed by atoms with Crippen LogP contribution in [0, 0.1) is 5.92 Å². The molecule has 2 N–H and O–H groups in total. The predicted molar refractivity (Wildman–Crippen MR) is 73.8 cm³/mol. The van der Waals surface area contributed by atoms with E-state index in [0.717, 1.165) is 18.4 Å². The fraction of sp³-hybridized carbons (Fsp3) is 0.500. The number of carbonyl (C=O) groups excluding carboxylic acids is 1. The topological polar surface area (TPSA) is 49.3 Å². The van der Waals surface area contributed by atoms with Gasteiger partial charge in [0.25, 0.3) is 5.91 Å². The zero-order chi connectivity index (χ0) is 13.4. The van der Waals surface area contributed by atoms with E-state index in [1.807, 2.05) is 12.1 Å². The number of halogens is 1. The molecule has 1 aromatic carbocycles. The van der Waals surface area contributed by atoms with Gasteiger partial charge in [0.1, 0.15) is 0 Å². The molecule has 1 rings (SSSR count). The summed E-state index contributed by atoms with van der Waals surface area (Å²) in [5, 5.41) is 11.8. The van der Waals surface area contributed by atoms with Gasteiger partial charge in [-0.15, -0.1) is 11.6 Å². The molecule has 0 aliphatic carbocycles. The molecule has 0 bridgehead atoms. The highest BCUT2D eigenvalue weighted by Gasteiger charge is 2.09. The van der Waals surface area contributed by atoms with Crippen molar-refractivity contribution in [3.8, 4) is 0 Å². The zero-order valence-electron chi connectivity index (χ0n) is 10.7. The Morgan fingerprint density at radius 1 is 1.39 bits per heavy atom. The first-order valence-electron chi connectivity index (χ1n) is 6.25. The van der Waals surface area contributed by atoms with Crippen LogP contribution in [0.3, 0.4) is 0 Å². The summed E-state index contributed by atoms with van der Waals surface area (Å²) >= 11 is 5.69. The third-order valence-corrected chi connectivity index (χ3v) is 3.35. The third kappa shape index (κ3) is 4.67. The largest absolute Gasteiger partial charge is 0.396 e. The van der Waals surface area contributed by atoms with Gasteiger partial charge in [-0.1, -0.05) is 25.5 Å². The maximum absolute atomic E-state index is 11.9. The molecule has 0 saturated heterocycles. The Kier molecular flexibility index (Phi) is 6.76. The Hall–Kier alpha value is -1.06. The SMILES string of the molecule is CCC(CCO)CNC(=O)c1ccc(CCl)cc1. The summed E-state index contributed by atoms with van der Waals surface area (Å²) in [6.45, 7) is 2.83. The second-order valence-corrected chi connectivity index (χ2v) is 4.59. The van der Waals surface area contributed by atoms with Gasteiger partial charge in [-0.2, -0.15) is 0 Å². The van der Waals surface area contributed by atoms with E-state index in [0.29, 0.717) is 23.9 Å². The summed E-state index contributed by atoms with van der Waals surface area (Å²) in [5.41, 5.74) is 1.64. The zero-order valence-corrected chi connectivity index (χ0v) is 11.4.